The highest BCUT2D eigenvalue weighted by Gasteiger charge is 2.39. The van der Waals surface area contributed by atoms with E-state index in [9.17, 15) is 4.79 Å². The lowest BCUT2D eigenvalue weighted by Crippen LogP contribution is -2.62. The molecule has 0 aromatic heterocycles. The van der Waals surface area contributed by atoms with Gasteiger partial charge in [0, 0.05) is 32.3 Å². The van der Waals surface area contributed by atoms with E-state index in [0.717, 1.165) is 13.1 Å². The third-order valence-corrected chi connectivity index (χ3v) is 4.16. The van der Waals surface area contributed by atoms with Gasteiger partial charge in [-0.2, -0.15) is 0 Å². The molecule has 0 saturated carbocycles. The first kappa shape index (κ1) is 13.7. The molecular weight excluding hydrogens is 232 g/mol. The van der Waals surface area contributed by atoms with Gasteiger partial charge in [0.05, 0.1) is 6.61 Å². The van der Waals surface area contributed by atoms with Crippen molar-refractivity contribution in [2.75, 3.05) is 33.4 Å². The topological polar surface area (TPSA) is 70.8 Å². The SMILES string of the molecule is COCC(C(=O)NN)N1CC2CCCN2CC1C. The van der Waals surface area contributed by atoms with Gasteiger partial charge in [-0.1, -0.05) is 0 Å². The fourth-order valence-electron chi connectivity index (χ4n) is 3.22. The average Bonchev–Trinajstić information content (AvgIpc) is 2.81. The molecule has 6 heteroatoms. The molecule has 0 radical (unpaired) electrons. The van der Waals surface area contributed by atoms with Crippen LogP contribution in [0.1, 0.15) is 19.8 Å². The van der Waals surface area contributed by atoms with Gasteiger partial charge in [-0.05, 0) is 26.3 Å². The molecular formula is C12H24N4O2. The van der Waals surface area contributed by atoms with Crippen LogP contribution in [0, 0.1) is 0 Å². The molecule has 2 rings (SSSR count). The molecule has 3 N–H and O–H groups in total. The highest BCUT2D eigenvalue weighted by Crippen LogP contribution is 2.25. The summed E-state index contributed by atoms with van der Waals surface area (Å²) in [5.74, 6) is 5.11. The fourth-order valence-corrected chi connectivity index (χ4v) is 3.22. The minimum absolute atomic E-state index is 0.157. The molecule has 3 atom stereocenters. The molecule has 18 heavy (non-hydrogen) atoms. The number of nitrogens with one attached hydrogen (secondary N) is 1. The van der Waals surface area contributed by atoms with Crippen molar-refractivity contribution in [1.82, 2.24) is 15.2 Å². The predicted octanol–water partition coefficient (Wildman–Crippen LogP) is -0.840. The number of hydrogen-bond donors (Lipinski definition) is 2. The lowest BCUT2D eigenvalue weighted by atomic mass is 10.0. The van der Waals surface area contributed by atoms with E-state index >= 15 is 0 Å². The molecule has 0 aromatic carbocycles. The van der Waals surface area contributed by atoms with E-state index in [2.05, 4.69) is 22.1 Å². The molecule has 2 aliphatic heterocycles. The van der Waals surface area contributed by atoms with Crippen LogP contribution in [0.15, 0.2) is 0 Å². The van der Waals surface area contributed by atoms with E-state index < -0.39 is 0 Å². The molecule has 0 aliphatic carbocycles. The minimum Gasteiger partial charge on any atom is -0.383 e. The maximum absolute atomic E-state index is 11.9. The first-order valence-corrected chi connectivity index (χ1v) is 6.66. The fraction of sp³-hybridized carbons (Fsp3) is 0.917. The Bertz CT molecular complexity index is 300. The monoisotopic (exact) mass is 256 g/mol. The van der Waals surface area contributed by atoms with Gasteiger partial charge in [0.15, 0.2) is 0 Å². The summed E-state index contributed by atoms with van der Waals surface area (Å²) in [6, 6.07) is 0.667. The summed E-state index contributed by atoms with van der Waals surface area (Å²) < 4.78 is 5.17. The van der Waals surface area contributed by atoms with Crippen LogP contribution in [-0.2, 0) is 9.53 Å². The highest BCUT2D eigenvalue weighted by atomic mass is 16.5. The summed E-state index contributed by atoms with van der Waals surface area (Å²) in [5.41, 5.74) is 2.25. The summed E-state index contributed by atoms with van der Waals surface area (Å²) in [4.78, 5) is 16.6. The lowest BCUT2D eigenvalue weighted by Gasteiger charge is -2.45. The molecule has 1 amide bonds. The Morgan fingerprint density at radius 1 is 1.56 bits per heavy atom. The van der Waals surface area contributed by atoms with E-state index in [4.69, 9.17) is 10.6 Å². The molecule has 0 spiro atoms. The molecule has 2 heterocycles. The molecule has 6 nitrogen and oxygen atoms in total. The number of piperazine rings is 1. The third kappa shape index (κ3) is 2.66. The Labute approximate surface area is 108 Å². The van der Waals surface area contributed by atoms with Crippen LogP contribution >= 0.6 is 0 Å². The Hall–Kier alpha value is -0.690. The van der Waals surface area contributed by atoms with Crippen molar-refractivity contribution in [3.05, 3.63) is 0 Å². The second kappa shape index (κ2) is 5.97. The van der Waals surface area contributed by atoms with Crippen LogP contribution in [0.2, 0.25) is 0 Å². The Kier molecular flexibility index (Phi) is 4.55. The molecule has 104 valence electrons. The van der Waals surface area contributed by atoms with Crippen molar-refractivity contribution < 1.29 is 9.53 Å². The van der Waals surface area contributed by atoms with E-state index in [1.165, 1.54) is 19.4 Å². The predicted molar refractivity (Wildman–Crippen MR) is 68.8 cm³/mol. The maximum Gasteiger partial charge on any atom is 0.253 e. The van der Waals surface area contributed by atoms with Crippen LogP contribution in [-0.4, -0.2) is 67.2 Å². The second-order valence-corrected chi connectivity index (χ2v) is 5.32. The van der Waals surface area contributed by atoms with Crippen molar-refractivity contribution in [3.8, 4) is 0 Å². The number of amides is 1. The molecule has 0 bridgehead atoms. The Morgan fingerprint density at radius 3 is 3.00 bits per heavy atom. The Morgan fingerprint density at radius 2 is 2.33 bits per heavy atom. The van der Waals surface area contributed by atoms with Gasteiger partial charge < -0.3 is 4.74 Å². The van der Waals surface area contributed by atoms with Gasteiger partial charge in [0.2, 0.25) is 0 Å². The quantitative estimate of drug-likeness (QED) is 0.390. The second-order valence-electron chi connectivity index (χ2n) is 5.32. The largest absolute Gasteiger partial charge is 0.383 e. The number of nitrogens with two attached hydrogens (primary N) is 1. The van der Waals surface area contributed by atoms with Crippen molar-refractivity contribution >= 4 is 5.91 Å². The number of nitrogens with zero attached hydrogens (tertiary/aromatic N) is 2. The zero-order valence-corrected chi connectivity index (χ0v) is 11.3. The van der Waals surface area contributed by atoms with Gasteiger partial charge in [0.1, 0.15) is 6.04 Å². The lowest BCUT2D eigenvalue weighted by molar-refractivity contribution is -0.131. The molecule has 0 aromatic rings. The number of carbonyl (C=O) groups excluding carboxylic acids is 1. The smallest absolute Gasteiger partial charge is 0.253 e. The number of hydrazine groups is 1. The summed E-state index contributed by atoms with van der Waals surface area (Å²) >= 11 is 0. The standard InChI is InChI=1S/C12H24N4O2/c1-9-6-15-5-3-4-10(15)7-16(9)11(8-18-2)12(17)14-13/h9-11H,3-8,13H2,1-2H3,(H,14,17). The van der Waals surface area contributed by atoms with Crippen molar-refractivity contribution in [2.45, 2.75) is 37.9 Å². The Balaban J connectivity index is 2.06. The van der Waals surface area contributed by atoms with Crippen LogP contribution in [0.25, 0.3) is 0 Å². The average molecular weight is 256 g/mol. The molecule has 3 unspecified atom stereocenters. The van der Waals surface area contributed by atoms with Crippen LogP contribution in [0.5, 0.6) is 0 Å². The van der Waals surface area contributed by atoms with Gasteiger partial charge >= 0.3 is 0 Å². The molecule has 2 aliphatic rings. The summed E-state index contributed by atoms with van der Waals surface area (Å²) in [7, 11) is 1.62. The highest BCUT2D eigenvalue weighted by molar-refractivity contribution is 5.81. The number of ether oxygens (including phenoxy) is 1. The van der Waals surface area contributed by atoms with E-state index in [1.807, 2.05) is 0 Å². The van der Waals surface area contributed by atoms with Gasteiger partial charge in [-0.3, -0.25) is 20.0 Å². The molecule has 2 fully saturated rings. The molecule has 2 saturated heterocycles. The first-order valence-electron chi connectivity index (χ1n) is 6.66. The van der Waals surface area contributed by atoms with Crippen molar-refractivity contribution in [1.29, 1.82) is 0 Å². The van der Waals surface area contributed by atoms with E-state index in [-0.39, 0.29) is 11.9 Å². The normalized spacial score (nSPS) is 31.1. The number of hydrogen-bond acceptors (Lipinski definition) is 5. The van der Waals surface area contributed by atoms with Gasteiger partial charge in [-0.15, -0.1) is 0 Å². The van der Waals surface area contributed by atoms with Crippen LogP contribution < -0.4 is 11.3 Å². The summed E-state index contributed by atoms with van der Waals surface area (Å²) in [6.45, 7) is 5.72. The first-order chi connectivity index (χ1) is 8.67. The van der Waals surface area contributed by atoms with E-state index in [1.54, 1.807) is 7.11 Å². The maximum atomic E-state index is 11.9. The number of rotatable bonds is 4. The van der Waals surface area contributed by atoms with Crippen LogP contribution in [0.3, 0.4) is 0 Å². The van der Waals surface area contributed by atoms with Crippen molar-refractivity contribution in [2.24, 2.45) is 5.84 Å². The van der Waals surface area contributed by atoms with E-state index in [0.29, 0.717) is 18.7 Å². The van der Waals surface area contributed by atoms with Gasteiger partial charge in [0.25, 0.3) is 5.91 Å². The zero-order valence-electron chi connectivity index (χ0n) is 11.3. The third-order valence-electron chi connectivity index (χ3n) is 4.16. The number of carbonyl (C=O) groups is 1. The zero-order chi connectivity index (χ0) is 13.1. The van der Waals surface area contributed by atoms with Crippen molar-refractivity contribution in [3.63, 3.8) is 0 Å². The minimum atomic E-state index is -0.280. The summed E-state index contributed by atoms with van der Waals surface area (Å²) in [5, 5.41) is 0. The van der Waals surface area contributed by atoms with Crippen LogP contribution in [0.4, 0.5) is 0 Å². The number of methoxy groups -OCH3 is 1. The summed E-state index contributed by atoms with van der Waals surface area (Å²) in [6.07, 6.45) is 2.50. The number of fused-ring (bicyclic) bond motifs is 1. The van der Waals surface area contributed by atoms with Gasteiger partial charge in [-0.25, -0.2) is 5.84 Å².